The summed E-state index contributed by atoms with van der Waals surface area (Å²) >= 11 is 0. The topological polar surface area (TPSA) is 53.1 Å². The van der Waals surface area contributed by atoms with Crippen molar-refractivity contribution in [1.82, 2.24) is 9.78 Å². The quantitative estimate of drug-likeness (QED) is 0.777. The molecule has 14 heavy (non-hydrogen) atoms. The Morgan fingerprint density at radius 3 is 2.86 bits per heavy atom. The van der Waals surface area contributed by atoms with Gasteiger partial charge in [-0.1, -0.05) is 6.92 Å². The van der Waals surface area contributed by atoms with Crippen molar-refractivity contribution in [2.75, 3.05) is 19.5 Å². The summed E-state index contributed by atoms with van der Waals surface area (Å²) in [7, 11) is 1.73. The number of nitrogen functional groups attached to an aromatic ring is 1. The highest BCUT2D eigenvalue weighted by atomic mass is 16.5. The maximum atomic E-state index is 5.71. The summed E-state index contributed by atoms with van der Waals surface area (Å²) in [4.78, 5) is 0. The lowest BCUT2D eigenvalue weighted by molar-refractivity contribution is 0.175. The molecule has 1 unspecified atom stereocenters. The lowest BCUT2D eigenvalue weighted by Gasteiger charge is -2.12. The first-order valence-corrected chi connectivity index (χ1v) is 4.92. The van der Waals surface area contributed by atoms with Crippen LogP contribution in [0.4, 0.5) is 5.69 Å². The molecule has 0 aromatic carbocycles. The molecule has 0 saturated heterocycles. The summed E-state index contributed by atoms with van der Waals surface area (Å²) in [6.45, 7) is 5.89. The number of methoxy groups -OCH3 is 1. The molecule has 4 heteroatoms. The van der Waals surface area contributed by atoms with Crippen LogP contribution < -0.4 is 5.73 Å². The van der Waals surface area contributed by atoms with Crippen molar-refractivity contribution in [2.45, 2.75) is 26.8 Å². The largest absolute Gasteiger partial charge is 0.396 e. The third-order valence-corrected chi connectivity index (χ3v) is 2.44. The molecule has 0 bridgehead atoms. The Hall–Kier alpha value is -1.03. The summed E-state index contributed by atoms with van der Waals surface area (Å²) in [6.07, 6.45) is 2.76. The van der Waals surface area contributed by atoms with Gasteiger partial charge in [-0.3, -0.25) is 4.68 Å². The highest BCUT2D eigenvalue weighted by Gasteiger charge is 2.07. The zero-order valence-electron chi connectivity index (χ0n) is 9.16. The predicted molar refractivity (Wildman–Crippen MR) is 57.0 cm³/mol. The predicted octanol–water partition coefficient (Wildman–Crippen LogP) is 1.45. The van der Waals surface area contributed by atoms with Crippen LogP contribution in [0, 0.1) is 12.8 Å². The summed E-state index contributed by atoms with van der Waals surface area (Å²) in [5, 5.41) is 4.21. The molecule has 0 amide bonds. The van der Waals surface area contributed by atoms with Crippen molar-refractivity contribution < 1.29 is 4.74 Å². The van der Waals surface area contributed by atoms with E-state index in [2.05, 4.69) is 12.0 Å². The SMILES string of the molecule is COCCC(C)Cn1ncc(N)c1C. The van der Waals surface area contributed by atoms with E-state index in [9.17, 15) is 0 Å². The number of anilines is 1. The van der Waals surface area contributed by atoms with Crippen molar-refractivity contribution in [3.8, 4) is 0 Å². The van der Waals surface area contributed by atoms with Crippen LogP contribution in [0.5, 0.6) is 0 Å². The van der Waals surface area contributed by atoms with Gasteiger partial charge in [-0.05, 0) is 19.3 Å². The number of hydrogen-bond donors (Lipinski definition) is 1. The number of aromatic nitrogens is 2. The highest BCUT2D eigenvalue weighted by Crippen LogP contribution is 2.12. The summed E-state index contributed by atoms with van der Waals surface area (Å²) in [6, 6.07) is 0. The maximum absolute atomic E-state index is 5.71. The van der Waals surface area contributed by atoms with Crippen molar-refractivity contribution in [3.05, 3.63) is 11.9 Å². The van der Waals surface area contributed by atoms with Crippen molar-refractivity contribution in [2.24, 2.45) is 5.92 Å². The van der Waals surface area contributed by atoms with Gasteiger partial charge in [0.25, 0.3) is 0 Å². The van der Waals surface area contributed by atoms with Crippen LogP contribution in [0.2, 0.25) is 0 Å². The Morgan fingerprint density at radius 2 is 2.36 bits per heavy atom. The van der Waals surface area contributed by atoms with E-state index in [1.165, 1.54) is 0 Å². The Labute approximate surface area is 85.0 Å². The minimum Gasteiger partial charge on any atom is -0.396 e. The first-order valence-electron chi connectivity index (χ1n) is 4.92. The smallest absolute Gasteiger partial charge is 0.0730 e. The number of rotatable bonds is 5. The second-order valence-corrected chi connectivity index (χ2v) is 3.75. The fourth-order valence-electron chi connectivity index (χ4n) is 1.35. The molecule has 0 fully saturated rings. The molecule has 0 saturated carbocycles. The number of hydrogen-bond acceptors (Lipinski definition) is 3. The van der Waals surface area contributed by atoms with E-state index < -0.39 is 0 Å². The van der Waals surface area contributed by atoms with E-state index in [0.29, 0.717) is 5.92 Å². The summed E-state index contributed by atoms with van der Waals surface area (Å²) < 4.78 is 6.99. The minimum absolute atomic E-state index is 0.563. The van der Waals surface area contributed by atoms with E-state index >= 15 is 0 Å². The Kier molecular flexibility index (Phi) is 3.95. The monoisotopic (exact) mass is 197 g/mol. The molecule has 1 rings (SSSR count). The molecule has 0 radical (unpaired) electrons. The zero-order valence-corrected chi connectivity index (χ0v) is 9.16. The average Bonchev–Trinajstić information content (AvgIpc) is 2.46. The Morgan fingerprint density at radius 1 is 1.64 bits per heavy atom. The minimum atomic E-state index is 0.563. The average molecular weight is 197 g/mol. The number of ether oxygens (including phenoxy) is 1. The van der Waals surface area contributed by atoms with Crippen LogP contribution in [0.3, 0.4) is 0 Å². The molecule has 1 aromatic heterocycles. The van der Waals surface area contributed by atoms with Crippen LogP contribution in [-0.4, -0.2) is 23.5 Å². The van der Waals surface area contributed by atoms with Gasteiger partial charge in [0.15, 0.2) is 0 Å². The van der Waals surface area contributed by atoms with Crippen LogP contribution >= 0.6 is 0 Å². The Balaban J connectivity index is 2.47. The van der Waals surface area contributed by atoms with Gasteiger partial charge in [-0.15, -0.1) is 0 Å². The van der Waals surface area contributed by atoms with Crippen LogP contribution in [0.15, 0.2) is 6.20 Å². The fourth-order valence-corrected chi connectivity index (χ4v) is 1.35. The van der Waals surface area contributed by atoms with Crippen molar-refractivity contribution >= 4 is 5.69 Å². The molecule has 4 nitrogen and oxygen atoms in total. The van der Waals surface area contributed by atoms with E-state index in [0.717, 1.165) is 31.0 Å². The molecule has 1 heterocycles. The van der Waals surface area contributed by atoms with Gasteiger partial charge in [0.1, 0.15) is 0 Å². The molecule has 0 spiro atoms. The number of nitrogens with two attached hydrogens (primary N) is 1. The third kappa shape index (κ3) is 2.73. The van der Waals surface area contributed by atoms with Gasteiger partial charge >= 0.3 is 0 Å². The first-order chi connectivity index (χ1) is 6.65. The lowest BCUT2D eigenvalue weighted by Crippen LogP contribution is -2.12. The van der Waals surface area contributed by atoms with Gasteiger partial charge in [-0.25, -0.2) is 0 Å². The highest BCUT2D eigenvalue weighted by molar-refractivity contribution is 5.39. The molecular weight excluding hydrogens is 178 g/mol. The molecule has 80 valence electrons. The van der Waals surface area contributed by atoms with Crippen LogP contribution in [-0.2, 0) is 11.3 Å². The molecular formula is C10H19N3O. The summed E-state index contributed by atoms with van der Waals surface area (Å²) in [5.41, 5.74) is 7.53. The van der Waals surface area contributed by atoms with Gasteiger partial charge in [0, 0.05) is 20.3 Å². The molecule has 1 atom stereocenters. The molecule has 1 aromatic rings. The normalized spacial score (nSPS) is 13.1. The fraction of sp³-hybridized carbons (Fsp3) is 0.700. The zero-order chi connectivity index (χ0) is 10.6. The van der Waals surface area contributed by atoms with Crippen molar-refractivity contribution in [3.63, 3.8) is 0 Å². The molecule has 0 aliphatic carbocycles. The van der Waals surface area contributed by atoms with Crippen LogP contribution in [0.1, 0.15) is 19.0 Å². The van der Waals surface area contributed by atoms with Gasteiger partial charge in [0.2, 0.25) is 0 Å². The van der Waals surface area contributed by atoms with Crippen molar-refractivity contribution in [1.29, 1.82) is 0 Å². The lowest BCUT2D eigenvalue weighted by atomic mass is 10.1. The third-order valence-electron chi connectivity index (χ3n) is 2.44. The van der Waals surface area contributed by atoms with E-state index in [4.69, 9.17) is 10.5 Å². The van der Waals surface area contributed by atoms with E-state index in [-0.39, 0.29) is 0 Å². The van der Waals surface area contributed by atoms with E-state index in [1.54, 1.807) is 13.3 Å². The summed E-state index contributed by atoms with van der Waals surface area (Å²) in [5.74, 6) is 0.563. The first kappa shape index (κ1) is 11.0. The second kappa shape index (κ2) is 5.00. The van der Waals surface area contributed by atoms with Gasteiger partial charge in [0.05, 0.1) is 17.6 Å². The molecule has 0 aliphatic heterocycles. The van der Waals surface area contributed by atoms with E-state index in [1.807, 2.05) is 11.6 Å². The Bertz CT molecular complexity index is 283. The van der Waals surface area contributed by atoms with Gasteiger partial charge in [-0.2, -0.15) is 5.10 Å². The maximum Gasteiger partial charge on any atom is 0.0730 e. The standard InChI is InChI=1S/C10H19N3O/c1-8(4-5-14-3)7-13-9(2)10(11)6-12-13/h6,8H,4-5,7,11H2,1-3H3. The van der Waals surface area contributed by atoms with Gasteiger partial charge < -0.3 is 10.5 Å². The second-order valence-electron chi connectivity index (χ2n) is 3.75. The molecule has 0 aliphatic rings. The van der Waals surface area contributed by atoms with Crippen LogP contribution in [0.25, 0.3) is 0 Å². The molecule has 2 N–H and O–H groups in total. The number of nitrogens with zero attached hydrogens (tertiary/aromatic N) is 2.